The smallest absolute Gasteiger partial charge is 0.00285 e. The number of rotatable bonds is 10. The number of hydrogen-bond donors (Lipinski definition) is 0. The Bertz CT molecular complexity index is 1090. The van der Waals surface area contributed by atoms with Crippen LogP contribution in [0.1, 0.15) is 94.9 Å². The molecule has 40 heavy (non-hydrogen) atoms. The molecule has 216 valence electrons. The summed E-state index contributed by atoms with van der Waals surface area (Å²) in [5.74, 6) is 1.06. The molecule has 2 rings (SSSR count). The molecule has 0 amide bonds. The van der Waals surface area contributed by atoms with Crippen molar-refractivity contribution in [3.63, 3.8) is 0 Å². The Labute approximate surface area is 247 Å². The van der Waals surface area contributed by atoms with Crippen LogP contribution in [0, 0.1) is 22.7 Å². The summed E-state index contributed by atoms with van der Waals surface area (Å²) < 4.78 is 0. The molecule has 0 heteroatoms. The van der Waals surface area contributed by atoms with E-state index >= 15 is 0 Å². The van der Waals surface area contributed by atoms with E-state index in [1.54, 1.807) is 0 Å². The molecule has 0 nitrogen and oxygen atoms in total. The quantitative estimate of drug-likeness (QED) is 0.192. The van der Waals surface area contributed by atoms with Gasteiger partial charge in [-0.25, -0.2) is 0 Å². The molecule has 2 atom stereocenters. The molecule has 0 aromatic rings. The molecule has 2 aliphatic carbocycles. The molecule has 0 saturated heterocycles. The molecule has 0 aromatic heterocycles. The van der Waals surface area contributed by atoms with Gasteiger partial charge < -0.3 is 0 Å². The molecule has 0 spiro atoms. The third kappa shape index (κ3) is 11.3. The second-order valence-corrected chi connectivity index (χ2v) is 13.4. The van der Waals surface area contributed by atoms with Crippen molar-refractivity contribution >= 4 is 0 Å². The van der Waals surface area contributed by atoms with Gasteiger partial charge in [0.05, 0.1) is 0 Å². The molecular formula is C40H56. The summed E-state index contributed by atoms with van der Waals surface area (Å²) >= 11 is 0. The van der Waals surface area contributed by atoms with E-state index in [9.17, 15) is 0 Å². The Morgan fingerprint density at radius 3 is 1.23 bits per heavy atom. The van der Waals surface area contributed by atoms with Crippen LogP contribution >= 0.6 is 0 Å². The van der Waals surface area contributed by atoms with Crippen LogP contribution in [0.2, 0.25) is 0 Å². The van der Waals surface area contributed by atoms with Crippen molar-refractivity contribution in [1.29, 1.82) is 0 Å². The molecular weight excluding hydrogens is 480 g/mol. The lowest BCUT2D eigenvalue weighted by Crippen LogP contribution is -2.26. The van der Waals surface area contributed by atoms with Gasteiger partial charge in [-0.1, -0.05) is 158 Å². The van der Waals surface area contributed by atoms with Crippen LogP contribution in [0.3, 0.4) is 0 Å². The SMILES string of the molecule is CC1=CCCC(C)(C)[C@H]1/C=C/C(C)=C/C=C/C(C)=C/C=C/C=C(C)/C=C/C=C(C)/C=C/[C@H]1C(C)=CCCC1(C)C. The Kier molecular flexibility index (Phi) is 13.2. The van der Waals surface area contributed by atoms with E-state index in [4.69, 9.17) is 0 Å². The maximum Gasteiger partial charge on any atom is 0.00285 e. The molecule has 0 saturated carbocycles. The summed E-state index contributed by atoms with van der Waals surface area (Å²) in [4.78, 5) is 0. The van der Waals surface area contributed by atoms with Gasteiger partial charge in [0.2, 0.25) is 0 Å². The summed E-state index contributed by atoms with van der Waals surface area (Å²) in [6, 6.07) is 0. The molecule has 0 N–H and O–H groups in total. The normalized spacial score (nSPS) is 25.1. The van der Waals surface area contributed by atoms with Crippen LogP contribution in [0.5, 0.6) is 0 Å². The van der Waals surface area contributed by atoms with Crippen molar-refractivity contribution in [2.24, 2.45) is 22.7 Å². The van der Waals surface area contributed by atoms with Crippen LogP contribution in [-0.4, -0.2) is 0 Å². The zero-order valence-electron chi connectivity index (χ0n) is 27.2. The second kappa shape index (κ2) is 15.8. The van der Waals surface area contributed by atoms with E-state index in [0.29, 0.717) is 22.7 Å². The van der Waals surface area contributed by atoms with E-state index in [1.165, 1.54) is 59.1 Å². The molecule has 2 aliphatic rings. The van der Waals surface area contributed by atoms with Gasteiger partial charge in [-0.3, -0.25) is 0 Å². The monoisotopic (exact) mass is 536 g/mol. The van der Waals surface area contributed by atoms with E-state index in [-0.39, 0.29) is 0 Å². The number of hydrogen-bond acceptors (Lipinski definition) is 0. The molecule has 0 fully saturated rings. The zero-order chi connectivity index (χ0) is 29.8. The maximum atomic E-state index is 2.40. The largest absolute Gasteiger partial charge is 0.0850 e. The van der Waals surface area contributed by atoms with Gasteiger partial charge in [-0.2, -0.15) is 0 Å². The third-order valence-corrected chi connectivity index (χ3v) is 8.54. The van der Waals surface area contributed by atoms with Crippen LogP contribution in [0.4, 0.5) is 0 Å². The van der Waals surface area contributed by atoms with Gasteiger partial charge in [0.15, 0.2) is 0 Å². The molecule has 0 radical (unpaired) electrons. The molecule has 0 heterocycles. The standard InChI is InChI=1S/C40H56/c1-31(19-13-21-33(3)25-27-37-35(5)23-15-29-39(37,7)8)17-11-12-18-32(2)20-14-22-34(4)26-28-38-36(6)24-16-30-40(38,9)10/h11-14,17-28,37-38H,15-16,29-30H2,1-10H3/b12-11+,19-13+,20-14+,27-25+,28-26+,31-17+,32-18+,33-21+,34-22+/t37-,38-/m0/s1. The highest BCUT2D eigenvalue weighted by Gasteiger charge is 2.31. The topological polar surface area (TPSA) is 0 Å². The van der Waals surface area contributed by atoms with Gasteiger partial charge in [0, 0.05) is 11.8 Å². The Morgan fingerprint density at radius 1 is 0.550 bits per heavy atom. The van der Waals surface area contributed by atoms with Gasteiger partial charge in [0.25, 0.3) is 0 Å². The second-order valence-electron chi connectivity index (χ2n) is 13.4. The number of allylic oxidation sites excluding steroid dienone is 22. The van der Waals surface area contributed by atoms with Crippen molar-refractivity contribution in [2.75, 3.05) is 0 Å². The van der Waals surface area contributed by atoms with Crippen molar-refractivity contribution in [1.82, 2.24) is 0 Å². The minimum atomic E-state index is 0.343. The zero-order valence-corrected chi connectivity index (χ0v) is 27.2. The van der Waals surface area contributed by atoms with E-state index < -0.39 is 0 Å². The lowest BCUT2D eigenvalue weighted by Gasteiger charge is -2.36. The predicted octanol–water partition coefficient (Wildman–Crippen LogP) is 12.3. The Balaban J connectivity index is 1.87. The minimum Gasteiger partial charge on any atom is -0.0850 e. The first kappa shape index (κ1) is 33.3. The first-order valence-corrected chi connectivity index (χ1v) is 15.2. The van der Waals surface area contributed by atoms with Crippen LogP contribution in [0.15, 0.2) is 131 Å². The lowest BCUT2D eigenvalue weighted by atomic mass is 9.68. The fraction of sp³-hybridized carbons (Fsp3) is 0.450. The van der Waals surface area contributed by atoms with Crippen LogP contribution in [-0.2, 0) is 0 Å². The van der Waals surface area contributed by atoms with Gasteiger partial charge in [-0.05, 0) is 78.1 Å². The van der Waals surface area contributed by atoms with Gasteiger partial charge >= 0.3 is 0 Å². The summed E-state index contributed by atoms with van der Waals surface area (Å²) in [6.45, 7) is 22.7. The van der Waals surface area contributed by atoms with E-state index in [2.05, 4.69) is 166 Å². The first-order valence-electron chi connectivity index (χ1n) is 15.2. The van der Waals surface area contributed by atoms with Gasteiger partial charge in [-0.15, -0.1) is 0 Å². The van der Waals surface area contributed by atoms with Crippen LogP contribution in [0.25, 0.3) is 0 Å². The fourth-order valence-electron chi connectivity index (χ4n) is 5.80. The van der Waals surface area contributed by atoms with Crippen molar-refractivity contribution in [2.45, 2.75) is 94.9 Å². The molecule has 0 unspecified atom stereocenters. The maximum absolute atomic E-state index is 2.40. The Morgan fingerprint density at radius 2 is 0.875 bits per heavy atom. The highest BCUT2D eigenvalue weighted by Crippen LogP contribution is 2.42. The van der Waals surface area contributed by atoms with E-state index in [0.717, 1.165) is 0 Å². The van der Waals surface area contributed by atoms with E-state index in [1.807, 2.05) is 0 Å². The van der Waals surface area contributed by atoms with Crippen molar-refractivity contribution < 1.29 is 0 Å². The summed E-state index contributed by atoms with van der Waals surface area (Å²) in [6.07, 6.45) is 40.6. The predicted molar refractivity (Wildman–Crippen MR) is 181 cm³/mol. The summed E-state index contributed by atoms with van der Waals surface area (Å²) in [7, 11) is 0. The van der Waals surface area contributed by atoms with Crippen LogP contribution < -0.4 is 0 Å². The highest BCUT2D eigenvalue weighted by molar-refractivity contribution is 5.33. The first-order chi connectivity index (χ1) is 18.8. The third-order valence-electron chi connectivity index (χ3n) is 8.54. The Hall–Kier alpha value is -2.86. The summed E-state index contributed by atoms with van der Waals surface area (Å²) in [5, 5.41) is 0. The van der Waals surface area contributed by atoms with Gasteiger partial charge in [0.1, 0.15) is 0 Å². The summed E-state index contributed by atoms with van der Waals surface area (Å²) in [5.41, 5.74) is 8.72. The minimum absolute atomic E-state index is 0.343. The van der Waals surface area contributed by atoms with Crippen molar-refractivity contribution in [3.8, 4) is 0 Å². The average molecular weight is 537 g/mol. The fourth-order valence-corrected chi connectivity index (χ4v) is 5.80. The highest BCUT2D eigenvalue weighted by atomic mass is 14.4. The van der Waals surface area contributed by atoms with Crippen molar-refractivity contribution in [3.05, 3.63) is 131 Å². The molecule has 0 bridgehead atoms. The molecule has 0 aromatic carbocycles. The average Bonchev–Trinajstić information content (AvgIpc) is 2.85. The lowest BCUT2D eigenvalue weighted by molar-refractivity contribution is 0.255. The molecule has 0 aliphatic heterocycles.